The molecule has 1 aromatic carbocycles. The molecule has 0 amide bonds. The molecule has 0 fully saturated rings. The largest absolute Gasteiger partial charge is 0.409 e. The number of nitrogens with one attached hydrogen (secondary N) is 1. The third-order valence-electron chi connectivity index (χ3n) is 2.39. The lowest BCUT2D eigenvalue weighted by atomic mass is 10.1. The lowest BCUT2D eigenvalue weighted by molar-refractivity contribution is 0.316. The number of nitrogens with zero attached hydrogens (tertiary/aromatic N) is 1. The summed E-state index contributed by atoms with van der Waals surface area (Å²) in [6, 6.07) is 6.59. The maximum atomic E-state index is 12.9. The Kier molecular flexibility index (Phi) is 6.03. The monoisotopic (exact) mass is 239 g/mol. The van der Waals surface area contributed by atoms with Crippen LogP contribution in [0.5, 0.6) is 0 Å². The Bertz CT molecular complexity index is 369. The maximum Gasteiger partial charge on any atom is 0.139 e. The first-order valence-electron chi connectivity index (χ1n) is 5.64. The lowest BCUT2D eigenvalue weighted by Crippen LogP contribution is -2.20. The zero-order valence-corrected chi connectivity index (χ0v) is 9.69. The molecular weight excluding hydrogens is 221 g/mol. The van der Waals surface area contributed by atoms with Crippen molar-refractivity contribution in [2.75, 3.05) is 13.1 Å². The van der Waals surface area contributed by atoms with Crippen LogP contribution in [0.2, 0.25) is 0 Å². The molecule has 94 valence electrons. The third kappa shape index (κ3) is 5.87. The van der Waals surface area contributed by atoms with Crippen LogP contribution in [0.3, 0.4) is 0 Å². The van der Waals surface area contributed by atoms with Crippen molar-refractivity contribution >= 4 is 5.84 Å². The van der Waals surface area contributed by atoms with Gasteiger partial charge < -0.3 is 16.3 Å². The van der Waals surface area contributed by atoms with Gasteiger partial charge in [-0.1, -0.05) is 17.3 Å². The van der Waals surface area contributed by atoms with Crippen LogP contribution in [0, 0.1) is 5.82 Å². The highest BCUT2D eigenvalue weighted by molar-refractivity contribution is 5.79. The van der Waals surface area contributed by atoms with E-state index in [2.05, 4.69) is 10.5 Å². The Balaban J connectivity index is 2.08. The molecule has 0 atom stereocenters. The van der Waals surface area contributed by atoms with Crippen molar-refractivity contribution in [1.29, 1.82) is 0 Å². The first-order valence-corrected chi connectivity index (χ1v) is 5.64. The molecule has 0 saturated carbocycles. The second-order valence-corrected chi connectivity index (χ2v) is 3.82. The van der Waals surface area contributed by atoms with Crippen molar-refractivity contribution in [2.24, 2.45) is 10.9 Å². The highest BCUT2D eigenvalue weighted by atomic mass is 19.1. The predicted molar refractivity (Wildman–Crippen MR) is 65.6 cm³/mol. The SMILES string of the molecule is NC(CCCNCCc1cccc(F)c1)=NO. The molecule has 17 heavy (non-hydrogen) atoms. The summed E-state index contributed by atoms with van der Waals surface area (Å²) >= 11 is 0. The van der Waals surface area contributed by atoms with E-state index in [0.29, 0.717) is 6.42 Å². The average molecular weight is 239 g/mol. The summed E-state index contributed by atoms with van der Waals surface area (Å²) in [5.74, 6) is 0.0476. The van der Waals surface area contributed by atoms with E-state index in [9.17, 15) is 4.39 Å². The van der Waals surface area contributed by atoms with Gasteiger partial charge in [-0.3, -0.25) is 0 Å². The zero-order valence-electron chi connectivity index (χ0n) is 9.69. The Labute approximate surface area is 100 Å². The Morgan fingerprint density at radius 3 is 2.94 bits per heavy atom. The fraction of sp³-hybridized carbons (Fsp3) is 0.417. The van der Waals surface area contributed by atoms with Gasteiger partial charge in [0, 0.05) is 6.42 Å². The molecule has 0 aromatic heterocycles. The van der Waals surface area contributed by atoms with Crippen molar-refractivity contribution in [1.82, 2.24) is 5.32 Å². The molecule has 0 bridgehead atoms. The second kappa shape index (κ2) is 7.62. The van der Waals surface area contributed by atoms with Gasteiger partial charge in [0.15, 0.2) is 0 Å². The average Bonchev–Trinajstić information content (AvgIpc) is 2.33. The Morgan fingerprint density at radius 1 is 1.41 bits per heavy atom. The van der Waals surface area contributed by atoms with E-state index in [-0.39, 0.29) is 11.7 Å². The van der Waals surface area contributed by atoms with Gasteiger partial charge in [0.2, 0.25) is 0 Å². The van der Waals surface area contributed by atoms with E-state index in [0.717, 1.165) is 31.5 Å². The molecule has 4 N–H and O–H groups in total. The van der Waals surface area contributed by atoms with Crippen molar-refractivity contribution in [3.63, 3.8) is 0 Å². The molecule has 0 heterocycles. The summed E-state index contributed by atoms with van der Waals surface area (Å²) in [5.41, 5.74) is 6.31. The van der Waals surface area contributed by atoms with E-state index in [4.69, 9.17) is 10.9 Å². The zero-order chi connectivity index (χ0) is 12.5. The number of hydrogen-bond acceptors (Lipinski definition) is 3. The summed E-state index contributed by atoms with van der Waals surface area (Å²) in [6.07, 6.45) is 2.18. The number of nitrogens with two attached hydrogens (primary N) is 1. The smallest absolute Gasteiger partial charge is 0.139 e. The predicted octanol–water partition coefficient (Wildman–Crippen LogP) is 1.48. The molecule has 0 aliphatic rings. The quantitative estimate of drug-likeness (QED) is 0.222. The lowest BCUT2D eigenvalue weighted by Gasteiger charge is -2.04. The van der Waals surface area contributed by atoms with Crippen molar-refractivity contribution < 1.29 is 9.60 Å². The molecule has 1 aromatic rings. The summed E-state index contributed by atoms with van der Waals surface area (Å²) in [4.78, 5) is 0. The summed E-state index contributed by atoms with van der Waals surface area (Å²) in [7, 11) is 0. The second-order valence-electron chi connectivity index (χ2n) is 3.82. The van der Waals surface area contributed by atoms with Crippen LogP contribution in [-0.4, -0.2) is 24.1 Å². The van der Waals surface area contributed by atoms with Gasteiger partial charge in [0.25, 0.3) is 0 Å². The van der Waals surface area contributed by atoms with Crippen LogP contribution in [0.25, 0.3) is 0 Å². The highest BCUT2D eigenvalue weighted by Crippen LogP contribution is 2.03. The van der Waals surface area contributed by atoms with Gasteiger partial charge in [-0.25, -0.2) is 4.39 Å². The third-order valence-corrected chi connectivity index (χ3v) is 2.39. The minimum atomic E-state index is -0.200. The number of oxime groups is 1. The van der Waals surface area contributed by atoms with Crippen LogP contribution in [0.15, 0.2) is 29.4 Å². The van der Waals surface area contributed by atoms with E-state index < -0.39 is 0 Å². The summed E-state index contributed by atoms with van der Waals surface area (Å²) < 4.78 is 12.9. The molecule has 4 nitrogen and oxygen atoms in total. The van der Waals surface area contributed by atoms with Gasteiger partial charge in [0.05, 0.1) is 0 Å². The van der Waals surface area contributed by atoms with Crippen molar-refractivity contribution in [3.05, 3.63) is 35.6 Å². The fourth-order valence-corrected chi connectivity index (χ4v) is 1.49. The Hall–Kier alpha value is -1.62. The van der Waals surface area contributed by atoms with Gasteiger partial charge >= 0.3 is 0 Å². The van der Waals surface area contributed by atoms with Gasteiger partial charge in [0.1, 0.15) is 11.7 Å². The number of rotatable bonds is 7. The van der Waals surface area contributed by atoms with E-state index in [1.165, 1.54) is 12.1 Å². The molecule has 0 aliphatic heterocycles. The van der Waals surface area contributed by atoms with Gasteiger partial charge in [-0.2, -0.15) is 0 Å². The number of amidine groups is 1. The normalized spacial score (nSPS) is 11.7. The molecule has 0 spiro atoms. The summed E-state index contributed by atoms with van der Waals surface area (Å²) in [6.45, 7) is 1.59. The molecule has 5 heteroatoms. The van der Waals surface area contributed by atoms with Crippen LogP contribution in [-0.2, 0) is 6.42 Å². The van der Waals surface area contributed by atoms with E-state index in [1.54, 1.807) is 6.07 Å². The molecular formula is C12H18FN3O. The minimum absolute atomic E-state index is 0.200. The van der Waals surface area contributed by atoms with Crippen LogP contribution >= 0.6 is 0 Å². The minimum Gasteiger partial charge on any atom is -0.409 e. The van der Waals surface area contributed by atoms with Crippen molar-refractivity contribution in [3.8, 4) is 0 Å². The first kappa shape index (κ1) is 13.4. The molecule has 0 aliphatic carbocycles. The number of hydrogen-bond donors (Lipinski definition) is 3. The molecule has 0 radical (unpaired) electrons. The highest BCUT2D eigenvalue weighted by Gasteiger charge is 1.96. The number of halogens is 1. The van der Waals surface area contributed by atoms with Crippen molar-refractivity contribution in [2.45, 2.75) is 19.3 Å². The van der Waals surface area contributed by atoms with Crippen LogP contribution in [0.1, 0.15) is 18.4 Å². The van der Waals surface area contributed by atoms with E-state index >= 15 is 0 Å². The fourth-order valence-electron chi connectivity index (χ4n) is 1.49. The summed E-state index contributed by atoms with van der Waals surface area (Å²) in [5, 5.41) is 14.4. The Morgan fingerprint density at radius 2 is 2.24 bits per heavy atom. The maximum absolute atomic E-state index is 12.9. The van der Waals surface area contributed by atoms with E-state index in [1.807, 2.05) is 6.07 Å². The van der Waals surface area contributed by atoms with Crippen LogP contribution < -0.4 is 11.1 Å². The first-order chi connectivity index (χ1) is 8.22. The topological polar surface area (TPSA) is 70.6 Å². The van der Waals surface area contributed by atoms with Gasteiger partial charge in [-0.15, -0.1) is 0 Å². The number of benzene rings is 1. The van der Waals surface area contributed by atoms with Crippen LogP contribution in [0.4, 0.5) is 4.39 Å². The van der Waals surface area contributed by atoms with Gasteiger partial charge in [-0.05, 0) is 43.6 Å². The molecule has 0 saturated heterocycles. The standard InChI is InChI=1S/C12H18FN3O/c13-11-4-1-3-10(9-11)6-8-15-7-2-5-12(14)16-17/h1,3-4,9,15,17H,2,5-8H2,(H2,14,16). The molecule has 0 unspecified atom stereocenters. The molecule has 1 rings (SSSR count).